The molecular formula is C51H104N2O5. The van der Waals surface area contributed by atoms with Gasteiger partial charge in [0.25, 0.3) is 0 Å². The number of nitrogens with zero attached hydrogens (tertiary/aromatic N) is 1. The van der Waals surface area contributed by atoms with Crippen LogP contribution in [0.25, 0.3) is 0 Å². The van der Waals surface area contributed by atoms with E-state index in [2.05, 4.69) is 33.0 Å². The summed E-state index contributed by atoms with van der Waals surface area (Å²) in [7, 11) is 7.46. The normalized spacial score (nSPS) is 11.2. The summed E-state index contributed by atoms with van der Waals surface area (Å²) in [5, 5.41) is 3.29. The van der Waals surface area contributed by atoms with E-state index >= 15 is 0 Å². The first-order valence-corrected chi connectivity index (χ1v) is 25.1. The van der Waals surface area contributed by atoms with E-state index in [0.717, 1.165) is 51.5 Å². The van der Waals surface area contributed by atoms with E-state index < -0.39 is 0 Å². The van der Waals surface area contributed by atoms with E-state index in [9.17, 15) is 14.4 Å². The Morgan fingerprint density at radius 3 is 1.03 bits per heavy atom. The van der Waals surface area contributed by atoms with Gasteiger partial charge >= 0.3 is 0 Å². The fraction of sp³-hybridized carbons (Fsp3) is 0.941. The Bertz CT molecular complexity index is 723. The van der Waals surface area contributed by atoms with Crippen LogP contribution in [0.3, 0.4) is 0 Å². The summed E-state index contributed by atoms with van der Waals surface area (Å²) in [6, 6.07) is 0.348. The molecule has 0 bridgehead atoms. The Kier molecular flexibility index (Phi) is 56.5. The van der Waals surface area contributed by atoms with Gasteiger partial charge in [-0.25, -0.2) is 0 Å². The van der Waals surface area contributed by atoms with Crippen molar-refractivity contribution in [2.75, 3.05) is 48.1 Å². The van der Waals surface area contributed by atoms with Crippen LogP contribution in [-0.4, -0.2) is 77.5 Å². The van der Waals surface area contributed by atoms with E-state index in [-0.39, 0.29) is 5.91 Å². The molecule has 0 atom stereocenters. The van der Waals surface area contributed by atoms with Crippen molar-refractivity contribution in [2.45, 2.75) is 252 Å². The minimum atomic E-state index is 0.168. The van der Waals surface area contributed by atoms with Crippen LogP contribution in [0, 0.1) is 11.8 Å². The molecule has 0 spiro atoms. The Morgan fingerprint density at radius 1 is 0.466 bits per heavy atom. The molecule has 0 aromatic rings. The molecule has 7 nitrogen and oxygen atoms in total. The summed E-state index contributed by atoms with van der Waals surface area (Å²) < 4.78 is 10.2. The van der Waals surface area contributed by atoms with Gasteiger partial charge in [0.1, 0.15) is 12.6 Å². The number of hydrogen-bond acceptors (Lipinski definition) is 6. The van der Waals surface area contributed by atoms with E-state index in [1.807, 2.05) is 19.0 Å². The van der Waals surface area contributed by atoms with Gasteiger partial charge in [-0.05, 0) is 51.6 Å². The molecule has 0 saturated heterocycles. The highest BCUT2D eigenvalue weighted by Crippen LogP contribution is 2.21. The summed E-state index contributed by atoms with van der Waals surface area (Å²) in [5.74, 6) is 1.51. The van der Waals surface area contributed by atoms with Crippen LogP contribution < -0.4 is 5.32 Å². The van der Waals surface area contributed by atoms with Gasteiger partial charge in [0, 0.05) is 46.3 Å². The second-order valence-electron chi connectivity index (χ2n) is 17.5. The third kappa shape index (κ3) is 52.7. The average molecular weight is 825 g/mol. The summed E-state index contributed by atoms with van der Waals surface area (Å²) in [4.78, 5) is 35.1. The molecule has 0 aliphatic heterocycles. The first-order valence-electron chi connectivity index (χ1n) is 25.1. The van der Waals surface area contributed by atoms with Gasteiger partial charge in [-0.2, -0.15) is 0 Å². The van der Waals surface area contributed by atoms with Gasteiger partial charge in [0.05, 0.1) is 6.54 Å². The van der Waals surface area contributed by atoms with Crippen molar-refractivity contribution in [3.8, 4) is 0 Å². The number of nitrogens with one attached hydrogen (secondary N) is 1. The molecule has 0 fully saturated rings. The quantitative estimate of drug-likeness (QED) is 0.0487. The molecule has 0 saturated carbocycles. The van der Waals surface area contributed by atoms with Crippen LogP contribution in [-0.2, 0) is 23.9 Å². The molecule has 348 valence electrons. The zero-order valence-corrected chi connectivity index (χ0v) is 40.5. The van der Waals surface area contributed by atoms with Crippen molar-refractivity contribution in [3.63, 3.8) is 0 Å². The standard InChI is InChI=1S/C25H52N2O3.2C13H26O/c1-27(2)23-25(28)26-24(19-15-11-7-5-9-13-17-21-29-3)20-16-12-8-6-10-14-18-22-30-4;2*1-3-5-7-9-13(11-12-14)10-8-6-4-2/h24H,5-23H2,1-4H3,(H,26,28);2*12-13H,3-11H2,1-2H3. The number of carbonyl (C=O) groups excluding carboxylic acids is 3. The molecule has 0 aliphatic carbocycles. The van der Waals surface area contributed by atoms with Crippen LogP contribution >= 0.6 is 0 Å². The van der Waals surface area contributed by atoms with Crippen LogP contribution in [0.2, 0.25) is 0 Å². The summed E-state index contributed by atoms with van der Waals surface area (Å²) in [6.45, 7) is 11.2. The number of unbranched alkanes of at least 4 members (excludes halogenated alkanes) is 20. The first kappa shape index (κ1) is 61.0. The predicted octanol–water partition coefficient (Wildman–Crippen LogP) is 14.3. The second kappa shape index (κ2) is 53.7. The fourth-order valence-corrected chi connectivity index (χ4v) is 7.66. The smallest absolute Gasteiger partial charge is 0.234 e. The van der Waals surface area contributed by atoms with Crippen molar-refractivity contribution in [1.82, 2.24) is 10.2 Å². The highest BCUT2D eigenvalue weighted by molar-refractivity contribution is 5.78. The molecule has 1 amide bonds. The fourth-order valence-electron chi connectivity index (χ4n) is 7.66. The molecule has 0 heterocycles. The Morgan fingerprint density at radius 2 is 0.759 bits per heavy atom. The second-order valence-corrected chi connectivity index (χ2v) is 17.5. The van der Waals surface area contributed by atoms with Gasteiger partial charge in [-0.1, -0.05) is 207 Å². The number of hydrogen-bond donors (Lipinski definition) is 1. The lowest BCUT2D eigenvalue weighted by Gasteiger charge is -2.20. The molecular weight excluding hydrogens is 721 g/mol. The molecule has 0 rings (SSSR count). The third-order valence-corrected chi connectivity index (χ3v) is 11.3. The molecule has 0 radical (unpaired) electrons. The highest BCUT2D eigenvalue weighted by Gasteiger charge is 2.13. The average Bonchev–Trinajstić information content (AvgIpc) is 3.20. The predicted molar refractivity (Wildman–Crippen MR) is 253 cm³/mol. The molecule has 58 heavy (non-hydrogen) atoms. The largest absolute Gasteiger partial charge is 0.385 e. The van der Waals surface area contributed by atoms with Crippen molar-refractivity contribution in [1.29, 1.82) is 0 Å². The van der Waals surface area contributed by atoms with Crippen LogP contribution in [0.5, 0.6) is 0 Å². The maximum absolute atomic E-state index is 12.2. The topological polar surface area (TPSA) is 84.9 Å². The lowest BCUT2D eigenvalue weighted by Crippen LogP contribution is -2.40. The molecule has 7 heteroatoms. The van der Waals surface area contributed by atoms with Crippen LogP contribution in [0.4, 0.5) is 0 Å². The summed E-state index contributed by atoms with van der Waals surface area (Å²) >= 11 is 0. The van der Waals surface area contributed by atoms with E-state index in [0.29, 0.717) is 24.4 Å². The van der Waals surface area contributed by atoms with E-state index in [1.54, 1.807) is 14.2 Å². The minimum Gasteiger partial charge on any atom is -0.385 e. The van der Waals surface area contributed by atoms with Gasteiger partial charge in [-0.3, -0.25) is 4.79 Å². The van der Waals surface area contributed by atoms with Gasteiger partial charge in [0.15, 0.2) is 0 Å². The molecule has 1 N–H and O–H groups in total. The van der Waals surface area contributed by atoms with Gasteiger partial charge in [-0.15, -0.1) is 0 Å². The lowest BCUT2D eigenvalue weighted by molar-refractivity contribution is -0.122. The van der Waals surface area contributed by atoms with Gasteiger partial charge in [0.2, 0.25) is 5.91 Å². The van der Waals surface area contributed by atoms with Crippen molar-refractivity contribution in [2.24, 2.45) is 11.8 Å². The van der Waals surface area contributed by atoms with Crippen LogP contribution in [0.15, 0.2) is 0 Å². The lowest BCUT2D eigenvalue weighted by atomic mass is 9.93. The van der Waals surface area contributed by atoms with Crippen molar-refractivity contribution >= 4 is 18.5 Å². The Labute approximate surface area is 363 Å². The van der Waals surface area contributed by atoms with Crippen molar-refractivity contribution < 1.29 is 23.9 Å². The maximum atomic E-state index is 12.2. The number of aldehydes is 2. The number of likely N-dealkylation sites (N-methyl/N-ethyl adjacent to an activating group) is 1. The Hall–Kier alpha value is -1.31. The highest BCUT2D eigenvalue weighted by atomic mass is 16.5. The monoisotopic (exact) mass is 825 g/mol. The molecule has 0 aromatic heterocycles. The maximum Gasteiger partial charge on any atom is 0.234 e. The Balaban J connectivity index is -0.000000895. The molecule has 0 aliphatic rings. The number of rotatable bonds is 43. The van der Waals surface area contributed by atoms with E-state index in [4.69, 9.17) is 9.47 Å². The number of amides is 1. The SMILES string of the molecule is CCCCCC(CC=O)CCCCC.CCCCCC(CC=O)CCCCC.COCCCCCCCCCC(CCCCCCCCCOC)NC(=O)CN(C)C. The zero-order valence-electron chi connectivity index (χ0n) is 40.5. The number of carbonyl (C=O) groups is 3. The van der Waals surface area contributed by atoms with Gasteiger partial charge < -0.3 is 29.3 Å². The first-order chi connectivity index (χ1) is 28.3. The zero-order chi connectivity index (χ0) is 43.6. The number of methoxy groups -OCH3 is 2. The minimum absolute atomic E-state index is 0.168. The molecule has 0 aromatic carbocycles. The molecule has 0 unspecified atom stereocenters. The number of ether oxygens (including phenoxy) is 2. The van der Waals surface area contributed by atoms with Crippen LogP contribution in [0.1, 0.15) is 246 Å². The summed E-state index contributed by atoms with van der Waals surface area (Å²) in [5.41, 5.74) is 0. The van der Waals surface area contributed by atoms with E-state index in [1.165, 1.54) is 193 Å². The van der Waals surface area contributed by atoms with Crippen molar-refractivity contribution in [3.05, 3.63) is 0 Å². The third-order valence-electron chi connectivity index (χ3n) is 11.3. The summed E-state index contributed by atoms with van der Waals surface area (Å²) in [6.07, 6.45) is 44.6.